The van der Waals surface area contributed by atoms with Gasteiger partial charge in [0.2, 0.25) is 0 Å². The minimum absolute atomic E-state index is 0.213. The number of likely N-dealkylation sites (tertiary alicyclic amines) is 1. The number of carbonyl (C=O) groups is 2. The van der Waals surface area contributed by atoms with E-state index in [2.05, 4.69) is 11.8 Å². The van der Waals surface area contributed by atoms with E-state index in [1.165, 1.54) is 6.92 Å². The molecule has 11 heteroatoms. The van der Waals surface area contributed by atoms with Crippen LogP contribution in [-0.2, 0) is 33.2 Å². The van der Waals surface area contributed by atoms with Gasteiger partial charge in [-0.2, -0.15) is 0 Å². The van der Waals surface area contributed by atoms with Crippen molar-refractivity contribution >= 4 is 11.9 Å². The minimum atomic E-state index is -1.50. The normalized spacial score (nSPS) is 49.1. The first kappa shape index (κ1) is 31.5. The van der Waals surface area contributed by atoms with Gasteiger partial charge in [0.25, 0.3) is 0 Å². The molecule has 6 aliphatic rings. The van der Waals surface area contributed by atoms with Crippen molar-refractivity contribution in [2.24, 2.45) is 40.4 Å². The number of carbonyl (C=O) groups excluding carboxylic acids is 2. The van der Waals surface area contributed by atoms with Gasteiger partial charge in [-0.3, -0.25) is 9.69 Å². The summed E-state index contributed by atoms with van der Waals surface area (Å²) < 4.78 is 37.9. The maximum Gasteiger partial charge on any atom is 0.338 e. The van der Waals surface area contributed by atoms with E-state index >= 15 is 0 Å². The predicted molar refractivity (Wildman–Crippen MR) is 159 cm³/mol. The number of benzene rings is 1. The lowest BCUT2D eigenvalue weighted by molar-refractivity contribution is -0.312. The number of nitrogens with zero attached hydrogens (tertiary/aromatic N) is 1. The van der Waals surface area contributed by atoms with Crippen LogP contribution in [0, 0.1) is 40.4 Å². The van der Waals surface area contributed by atoms with Crippen LogP contribution in [0.1, 0.15) is 37.0 Å². The van der Waals surface area contributed by atoms with Gasteiger partial charge in [-0.05, 0) is 31.0 Å². The Bertz CT molecular complexity index is 1310. The summed E-state index contributed by atoms with van der Waals surface area (Å²) in [7, 11) is 6.57. The van der Waals surface area contributed by atoms with Crippen LogP contribution in [0.15, 0.2) is 30.3 Å². The standard InChI is InChI=1S/C34H47NO10/c1-7-35-15-32(16-40-3)21(37)14-22(41-4)33-20-13-19-25(44-31(39)18-11-9-8-10-12-18)23(20)34(45-17(2)36,30(38)26(19)42-5)24(29(33)35)27(43-6)28(32)33/h8-12,19-30,37-38H,7,13-16H2,1-6H3/t19?,20-,21-,22+,23-,24+,25+,26-,27+,28-,29?,30+,32+,33+,34-/m1/s1. The maximum absolute atomic E-state index is 13.7. The van der Waals surface area contributed by atoms with E-state index in [-0.39, 0.29) is 29.9 Å². The first-order valence-electron chi connectivity index (χ1n) is 16.3. The number of methoxy groups -OCH3 is 4. The zero-order chi connectivity index (χ0) is 32.1. The summed E-state index contributed by atoms with van der Waals surface area (Å²) in [4.78, 5) is 29.3. The highest BCUT2D eigenvalue weighted by molar-refractivity contribution is 5.89. The Labute approximate surface area is 264 Å². The van der Waals surface area contributed by atoms with E-state index in [0.717, 1.165) is 0 Å². The lowest BCUT2D eigenvalue weighted by atomic mass is 9.42. The molecule has 11 nitrogen and oxygen atoms in total. The largest absolute Gasteiger partial charge is 0.458 e. The Kier molecular flexibility index (Phi) is 7.67. The summed E-state index contributed by atoms with van der Waals surface area (Å²) in [6.07, 6.45) is -3.35. The molecule has 2 N–H and O–H groups in total. The van der Waals surface area contributed by atoms with Gasteiger partial charge < -0.3 is 38.6 Å². The van der Waals surface area contributed by atoms with Crippen LogP contribution in [0.25, 0.3) is 0 Å². The van der Waals surface area contributed by atoms with Gasteiger partial charge in [0.1, 0.15) is 12.2 Å². The quantitative estimate of drug-likeness (QED) is 0.386. The van der Waals surface area contributed by atoms with Gasteiger partial charge in [-0.15, -0.1) is 0 Å². The Morgan fingerprint density at radius 3 is 2.27 bits per heavy atom. The van der Waals surface area contributed by atoms with Crippen molar-refractivity contribution in [3.05, 3.63) is 35.9 Å². The first-order valence-corrected chi connectivity index (χ1v) is 16.3. The number of esters is 2. The number of hydrogen-bond donors (Lipinski definition) is 2. The third-order valence-corrected chi connectivity index (χ3v) is 13.1. The van der Waals surface area contributed by atoms with Crippen LogP contribution in [0.2, 0.25) is 0 Å². The molecule has 1 heterocycles. The predicted octanol–water partition coefficient (Wildman–Crippen LogP) is 1.53. The highest BCUT2D eigenvalue weighted by Gasteiger charge is 2.90. The Morgan fingerprint density at radius 1 is 0.956 bits per heavy atom. The molecule has 0 amide bonds. The molecule has 1 saturated heterocycles. The third-order valence-electron chi connectivity index (χ3n) is 13.1. The molecule has 2 unspecified atom stereocenters. The van der Waals surface area contributed by atoms with Crippen LogP contribution in [0.5, 0.6) is 0 Å². The third kappa shape index (κ3) is 3.72. The van der Waals surface area contributed by atoms with Gasteiger partial charge in [-0.25, -0.2) is 4.79 Å². The molecule has 15 atom stereocenters. The van der Waals surface area contributed by atoms with Crippen molar-refractivity contribution in [2.75, 3.05) is 48.1 Å². The summed E-state index contributed by atoms with van der Waals surface area (Å²) >= 11 is 0. The lowest BCUT2D eigenvalue weighted by Gasteiger charge is -2.70. The number of aliphatic hydroxyl groups excluding tert-OH is 2. The molecule has 5 aliphatic carbocycles. The summed E-state index contributed by atoms with van der Waals surface area (Å²) in [6, 6.07) is 8.64. The molecule has 1 aromatic carbocycles. The summed E-state index contributed by atoms with van der Waals surface area (Å²) in [5.74, 6) is -2.93. The molecule has 7 rings (SSSR count). The molecule has 0 aromatic heterocycles. The molecular weight excluding hydrogens is 582 g/mol. The zero-order valence-corrected chi connectivity index (χ0v) is 27.0. The molecular formula is C34H47NO10. The molecule has 0 radical (unpaired) electrons. The lowest BCUT2D eigenvalue weighted by Crippen LogP contribution is -2.80. The Morgan fingerprint density at radius 2 is 1.67 bits per heavy atom. The topological polar surface area (TPSA) is 133 Å². The van der Waals surface area contributed by atoms with Crippen LogP contribution in [0.3, 0.4) is 0 Å². The second-order valence-electron chi connectivity index (χ2n) is 14.2. The minimum Gasteiger partial charge on any atom is -0.458 e. The number of piperidine rings is 1. The second-order valence-corrected chi connectivity index (χ2v) is 14.2. The fraction of sp³-hybridized carbons (Fsp3) is 0.765. The monoisotopic (exact) mass is 629 g/mol. The number of aliphatic hydroxyl groups is 2. The van der Waals surface area contributed by atoms with E-state index < -0.39 is 70.7 Å². The smallest absolute Gasteiger partial charge is 0.338 e. The van der Waals surface area contributed by atoms with Crippen LogP contribution < -0.4 is 0 Å². The Balaban J connectivity index is 1.50. The molecule has 1 aliphatic heterocycles. The highest BCUT2D eigenvalue weighted by atomic mass is 16.6. The van der Waals surface area contributed by atoms with Gasteiger partial charge in [0.15, 0.2) is 5.60 Å². The van der Waals surface area contributed by atoms with E-state index in [4.69, 9.17) is 28.4 Å². The fourth-order valence-corrected chi connectivity index (χ4v) is 12.3. The molecule has 5 saturated carbocycles. The van der Waals surface area contributed by atoms with Gasteiger partial charge in [-0.1, -0.05) is 25.1 Å². The van der Waals surface area contributed by atoms with Crippen molar-refractivity contribution < 1.29 is 48.2 Å². The van der Waals surface area contributed by atoms with Crippen molar-refractivity contribution in [1.82, 2.24) is 4.90 Å². The van der Waals surface area contributed by atoms with Gasteiger partial charge >= 0.3 is 11.9 Å². The summed E-state index contributed by atoms with van der Waals surface area (Å²) in [5, 5.41) is 24.5. The summed E-state index contributed by atoms with van der Waals surface area (Å²) in [5.41, 5.74) is -2.38. The zero-order valence-electron chi connectivity index (χ0n) is 27.0. The van der Waals surface area contributed by atoms with Crippen LogP contribution in [0.4, 0.5) is 0 Å². The van der Waals surface area contributed by atoms with Crippen molar-refractivity contribution in [2.45, 2.75) is 75.0 Å². The fourth-order valence-electron chi connectivity index (χ4n) is 12.3. The Hall–Kier alpha value is -2.12. The number of rotatable bonds is 9. The highest BCUT2D eigenvalue weighted by Crippen LogP contribution is 2.80. The summed E-state index contributed by atoms with van der Waals surface area (Å²) in [6.45, 7) is 4.99. The van der Waals surface area contributed by atoms with Crippen molar-refractivity contribution in [3.8, 4) is 0 Å². The molecule has 1 aromatic rings. The van der Waals surface area contributed by atoms with Crippen molar-refractivity contribution in [1.29, 1.82) is 0 Å². The average molecular weight is 630 g/mol. The SMILES string of the molecule is CCN1C[C@]2(COC)[C@H](O)C[C@H](OC)[C@]34C1[C@H]([C@H](OC)[C@H]23)[C@]1(OC(C)=O)[C@@H]2[C@H]4CC([C@@H](OC)[C@@H]1O)[C@@H]2OC(=O)c1ccccc1. The van der Waals surface area contributed by atoms with E-state index in [0.29, 0.717) is 38.1 Å². The van der Waals surface area contributed by atoms with Crippen molar-refractivity contribution in [3.63, 3.8) is 0 Å². The van der Waals surface area contributed by atoms with E-state index in [1.54, 1.807) is 52.7 Å². The second kappa shape index (κ2) is 11.0. The molecule has 7 bridgehead atoms. The van der Waals surface area contributed by atoms with Gasteiger partial charge in [0, 0.05) is 88.9 Å². The van der Waals surface area contributed by atoms with E-state index in [1.807, 2.05) is 6.07 Å². The molecule has 45 heavy (non-hydrogen) atoms. The number of ether oxygens (including phenoxy) is 6. The van der Waals surface area contributed by atoms with E-state index in [9.17, 15) is 19.8 Å². The van der Waals surface area contributed by atoms with Gasteiger partial charge in [0.05, 0.1) is 36.6 Å². The van der Waals surface area contributed by atoms with Crippen LogP contribution >= 0.6 is 0 Å². The average Bonchev–Trinajstić information content (AvgIpc) is 3.46. The maximum atomic E-state index is 13.7. The van der Waals surface area contributed by atoms with Crippen LogP contribution in [-0.4, -0.2) is 123 Å². The molecule has 6 fully saturated rings. The molecule has 248 valence electrons. The molecule has 1 spiro atoms. The number of fused-ring (bicyclic) bond motifs is 2. The number of hydrogen-bond acceptors (Lipinski definition) is 11. The first-order chi connectivity index (χ1) is 21.6.